The molecule has 0 unspecified atom stereocenters. The minimum absolute atomic E-state index is 0.0837. The van der Waals surface area contributed by atoms with E-state index < -0.39 is 11.7 Å². The molecule has 2 aromatic carbocycles. The van der Waals surface area contributed by atoms with Crippen LogP contribution in [-0.4, -0.2) is 29.8 Å². The van der Waals surface area contributed by atoms with Crippen molar-refractivity contribution in [2.24, 2.45) is 5.92 Å². The number of hydrogen-bond donors (Lipinski definition) is 1. The van der Waals surface area contributed by atoms with Crippen molar-refractivity contribution in [2.75, 3.05) is 18.4 Å². The van der Waals surface area contributed by atoms with Gasteiger partial charge in [-0.05, 0) is 54.8 Å². The van der Waals surface area contributed by atoms with Gasteiger partial charge in [0, 0.05) is 35.8 Å². The van der Waals surface area contributed by atoms with E-state index in [0.29, 0.717) is 25.9 Å². The number of carbonyl (C=O) groups excluding carboxylic acids is 2. The molecule has 0 radical (unpaired) electrons. The molecule has 0 saturated carbocycles. The van der Waals surface area contributed by atoms with Crippen molar-refractivity contribution in [1.82, 2.24) is 4.90 Å². The number of rotatable bonds is 4. The summed E-state index contributed by atoms with van der Waals surface area (Å²) in [6.45, 7) is 0.790. The first-order chi connectivity index (χ1) is 14.2. The van der Waals surface area contributed by atoms with Crippen LogP contribution in [0, 0.1) is 5.92 Å². The summed E-state index contributed by atoms with van der Waals surface area (Å²) in [5.74, 6) is -0.610. The van der Waals surface area contributed by atoms with Gasteiger partial charge in [-0.2, -0.15) is 13.2 Å². The first-order valence-electron chi connectivity index (χ1n) is 9.43. The molecule has 158 valence electrons. The van der Waals surface area contributed by atoms with E-state index >= 15 is 0 Å². The molecule has 0 bridgehead atoms. The lowest BCUT2D eigenvalue weighted by Gasteiger charge is -2.30. The topological polar surface area (TPSA) is 49.4 Å². The minimum Gasteiger partial charge on any atom is -0.339 e. The van der Waals surface area contributed by atoms with Crippen molar-refractivity contribution in [2.45, 2.75) is 19.0 Å². The van der Waals surface area contributed by atoms with Gasteiger partial charge in [0.1, 0.15) is 0 Å². The number of nitrogens with one attached hydrogen (secondary N) is 1. The van der Waals surface area contributed by atoms with E-state index in [2.05, 4.69) is 5.32 Å². The normalized spacial score (nSPS) is 15.4. The van der Waals surface area contributed by atoms with E-state index in [-0.39, 0.29) is 28.3 Å². The van der Waals surface area contributed by atoms with Crippen molar-refractivity contribution in [3.8, 4) is 0 Å². The molecule has 1 heterocycles. The number of nitrogens with zero attached hydrogens (tertiary/aromatic N) is 1. The van der Waals surface area contributed by atoms with Crippen molar-refractivity contribution in [1.29, 1.82) is 0 Å². The fraction of sp³-hybridized carbons (Fsp3) is 0.273. The Hall–Kier alpha value is -2.80. The third-order valence-electron chi connectivity index (χ3n) is 4.95. The zero-order chi connectivity index (χ0) is 21.7. The van der Waals surface area contributed by atoms with Gasteiger partial charge in [0.15, 0.2) is 0 Å². The molecule has 2 aromatic rings. The van der Waals surface area contributed by atoms with Crippen LogP contribution in [0.25, 0.3) is 6.08 Å². The Balaban J connectivity index is 1.56. The van der Waals surface area contributed by atoms with E-state index in [1.807, 2.05) is 18.2 Å². The van der Waals surface area contributed by atoms with Gasteiger partial charge in [-0.25, -0.2) is 0 Å². The lowest BCUT2D eigenvalue weighted by molar-refractivity contribution is -0.137. The smallest absolute Gasteiger partial charge is 0.339 e. The molecule has 0 atom stereocenters. The second-order valence-corrected chi connectivity index (χ2v) is 7.43. The van der Waals surface area contributed by atoms with Crippen molar-refractivity contribution >= 4 is 35.2 Å². The first-order valence-corrected chi connectivity index (χ1v) is 9.81. The number of benzene rings is 2. The van der Waals surface area contributed by atoms with E-state index in [1.165, 1.54) is 12.2 Å². The van der Waals surface area contributed by atoms with Crippen LogP contribution < -0.4 is 5.32 Å². The maximum atomic E-state index is 12.9. The number of anilines is 1. The van der Waals surface area contributed by atoms with Crippen molar-refractivity contribution in [3.63, 3.8) is 0 Å². The molecule has 8 heteroatoms. The van der Waals surface area contributed by atoms with Gasteiger partial charge >= 0.3 is 6.18 Å². The monoisotopic (exact) mass is 436 g/mol. The zero-order valence-electron chi connectivity index (χ0n) is 16.0. The summed E-state index contributed by atoms with van der Waals surface area (Å²) in [5.41, 5.74) is 0.0168. The second-order valence-electron chi connectivity index (χ2n) is 7.02. The van der Waals surface area contributed by atoms with E-state index in [9.17, 15) is 22.8 Å². The molecule has 3 rings (SSSR count). The molecule has 1 fully saturated rings. The molecule has 4 nitrogen and oxygen atoms in total. The predicted octanol–water partition coefficient (Wildman–Crippen LogP) is 5.25. The lowest BCUT2D eigenvalue weighted by atomic mass is 9.95. The summed E-state index contributed by atoms with van der Waals surface area (Å²) in [5, 5.41) is 2.99. The summed E-state index contributed by atoms with van der Waals surface area (Å²) in [4.78, 5) is 26.3. The van der Waals surface area contributed by atoms with Crippen LogP contribution in [0.4, 0.5) is 18.9 Å². The van der Waals surface area contributed by atoms with Gasteiger partial charge in [0.25, 0.3) is 0 Å². The number of para-hydroxylation sites is 1. The van der Waals surface area contributed by atoms with Crippen molar-refractivity contribution < 1.29 is 22.8 Å². The van der Waals surface area contributed by atoms with Crippen LogP contribution in [0.3, 0.4) is 0 Å². The SMILES string of the molecule is O=C(Nc1ccccc1)C1CCN(C(=O)/C=C/c2cc(C(F)(F)F)ccc2Cl)CC1. The first kappa shape index (κ1) is 21.9. The molecule has 1 saturated heterocycles. The van der Waals surface area contributed by atoms with Crippen LogP contribution >= 0.6 is 11.6 Å². The number of halogens is 4. The molecular weight excluding hydrogens is 417 g/mol. The second kappa shape index (κ2) is 9.34. The summed E-state index contributed by atoms with van der Waals surface area (Å²) < 4.78 is 38.6. The predicted molar refractivity (Wildman–Crippen MR) is 110 cm³/mol. The summed E-state index contributed by atoms with van der Waals surface area (Å²) in [6.07, 6.45) is -0.954. The number of alkyl halides is 3. The highest BCUT2D eigenvalue weighted by Crippen LogP contribution is 2.32. The Morgan fingerprint density at radius 2 is 1.73 bits per heavy atom. The largest absolute Gasteiger partial charge is 0.416 e. The summed E-state index contributed by atoms with van der Waals surface area (Å²) in [6, 6.07) is 12.1. The fourth-order valence-electron chi connectivity index (χ4n) is 3.24. The maximum Gasteiger partial charge on any atom is 0.416 e. The average Bonchev–Trinajstić information content (AvgIpc) is 2.73. The average molecular weight is 437 g/mol. The number of amides is 2. The van der Waals surface area contributed by atoms with Crippen LogP contribution in [-0.2, 0) is 15.8 Å². The molecule has 0 aromatic heterocycles. The number of piperidine rings is 1. The van der Waals surface area contributed by atoms with Gasteiger partial charge in [-0.3, -0.25) is 9.59 Å². The maximum absolute atomic E-state index is 12.9. The lowest BCUT2D eigenvalue weighted by Crippen LogP contribution is -2.40. The molecule has 30 heavy (non-hydrogen) atoms. The van der Waals surface area contributed by atoms with Gasteiger partial charge in [-0.15, -0.1) is 0 Å². The van der Waals surface area contributed by atoms with Crippen LogP contribution in [0.2, 0.25) is 5.02 Å². The number of likely N-dealkylation sites (tertiary alicyclic amines) is 1. The Bertz CT molecular complexity index is 937. The highest BCUT2D eigenvalue weighted by molar-refractivity contribution is 6.32. The number of hydrogen-bond acceptors (Lipinski definition) is 2. The van der Waals surface area contributed by atoms with Gasteiger partial charge in [0.2, 0.25) is 11.8 Å². The Kier molecular flexibility index (Phi) is 6.82. The van der Waals surface area contributed by atoms with Gasteiger partial charge in [0.05, 0.1) is 5.56 Å². The summed E-state index contributed by atoms with van der Waals surface area (Å²) >= 11 is 5.95. The Morgan fingerprint density at radius 3 is 2.37 bits per heavy atom. The molecule has 0 aliphatic carbocycles. The summed E-state index contributed by atoms with van der Waals surface area (Å²) in [7, 11) is 0. The Morgan fingerprint density at radius 1 is 1.07 bits per heavy atom. The van der Waals surface area contributed by atoms with Crippen molar-refractivity contribution in [3.05, 3.63) is 70.8 Å². The highest BCUT2D eigenvalue weighted by atomic mass is 35.5. The zero-order valence-corrected chi connectivity index (χ0v) is 16.7. The third-order valence-corrected chi connectivity index (χ3v) is 5.29. The minimum atomic E-state index is -4.49. The van der Waals surface area contributed by atoms with E-state index in [1.54, 1.807) is 17.0 Å². The molecule has 1 aliphatic rings. The molecule has 1 N–H and O–H groups in total. The van der Waals surface area contributed by atoms with Crippen LogP contribution in [0.5, 0.6) is 0 Å². The highest BCUT2D eigenvalue weighted by Gasteiger charge is 2.31. The van der Waals surface area contributed by atoms with E-state index in [4.69, 9.17) is 11.6 Å². The van der Waals surface area contributed by atoms with E-state index in [0.717, 1.165) is 23.9 Å². The Labute approximate surface area is 177 Å². The van der Waals surface area contributed by atoms with Crippen LogP contribution in [0.15, 0.2) is 54.6 Å². The standard InChI is InChI=1S/C22H20ClF3N2O2/c23-19-8-7-17(22(24,25)26)14-16(19)6-9-20(29)28-12-10-15(11-13-28)21(30)27-18-4-2-1-3-5-18/h1-9,14-15H,10-13H2,(H,27,30)/b9-6+. The van der Waals surface area contributed by atoms with Gasteiger partial charge < -0.3 is 10.2 Å². The quantitative estimate of drug-likeness (QED) is 0.665. The van der Waals surface area contributed by atoms with Crippen LogP contribution in [0.1, 0.15) is 24.0 Å². The molecule has 1 aliphatic heterocycles. The third kappa shape index (κ3) is 5.63. The molecule has 0 spiro atoms. The van der Waals surface area contributed by atoms with Gasteiger partial charge in [-0.1, -0.05) is 29.8 Å². The molecular formula is C22H20ClF3N2O2. The molecule has 2 amide bonds. The fourth-order valence-corrected chi connectivity index (χ4v) is 3.42. The number of carbonyl (C=O) groups is 2.